The van der Waals surface area contributed by atoms with Crippen LogP contribution in [0.15, 0.2) is 28.0 Å². The minimum atomic E-state index is -3.88. The predicted octanol–water partition coefficient (Wildman–Crippen LogP) is 0.873. The topological polar surface area (TPSA) is 85.3 Å². The van der Waals surface area contributed by atoms with Gasteiger partial charge in [0.15, 0.2) is 19.7 Å². The molecule has 0 amide bonds. The van der Waals surface area contributed by atoms with E-state index in [0.29, 0.717) is 0 Å². The number of rotatable bonds is 3. The fraction of sp³-hybridized carbons (Fsp3) is 0.222. The molecule has 0 aliphatic rings. The van der Waals surface area contributed by atoms with Crippen molar-refractivity contribution in [2.75, 3.05) is 12.5 Å². The lowest BCUT2D eigenvalue weighted by Crippen LogP contribution is -2.12. The van der Waals surface area contributed by atoms with Crippen LogP contribution in [-0.4, -0.2) is 34.6 Å². The van der Waals surface area contributed by atoms with E-state index < -0.39 is 34.7 Å². The highest BCUT2D eigenvalue weighted by Gasteiger charge is 2.26. The van der Waals surface area contributed by atoms with Crippen molar-refractivity contribution < 1.29 is 21.6 Å². The summed E-state index contributed by atoms with van der Waals surface area (Å²) in [4.78, 5) is 10.1. The summed E-state index contributed by atoms with van der Waals surface area (Å²) in [5, 5.41) is -1.02. The van der Waals surface area contributed by atoms with E-state index in [1.807, 2.05) is 0 Å². The van der Waals surface area contributed by atoms with Gasteiger partial charge in [-0.2, -0.15) is 0 Å². The predicted molar refractivity (Wildman–Crippen MR) is 62.8 cm³/mol. The SMILES string of the molecule is CS(=O)(=O)c1cccc(C(=O)Cl)c1S(C)(=O)=O. The molecule has 0 aromatic heterocycles. The lowest BCUT2D eigenvalue weighted by atomic mass is 10.2. The van der Waals surface area contributed by atoms with Crippen LogP contribution < -0.4 is 0 Å². The average molecular weight is 297 g/mol. The van der Waals surface area contributed by atoms with Crippen molar-refractivity contribution in [2.24, 2.45) is 0 Å². The van der Waals surface area contributed by atoms with Crippen LogP contribution in [0.4, 0.5) is 0 Å². The van der Waals surface area contributed by atoms with E-state index >= 15 is 0 Å². The maximum absolute atomic E-state index is 11.6. The first-order chi connectivity index (χ1) is 7.55. The van der Waals surface area contributed by atoms with Gasteiger partial charge in [0.2, 0.25) is 0 Å². The van der Waals surface area contributed by atoms with Crippen LogP contribution in [0.2, 0.25) is 0 Å². The minimum Gasteiger partial charge on any atom is -0.276 e. The van der Waals surface area contributed by atoms with Crippen molar-refractivity contribution in [3.63, 3.8) is 0 Å². The molecule has 0 atom stereocenters. The van der Waals surface area contributed by atoms with Crippen molar-refractivity contribution in [1.82, 2.24) is 0 Å². The molecule has 0 aliphatic carbocycles. The fourth-order valence-corrected chi connectivity index (χ4v) is 4.23. The third-order valence-electron chi connectivity index (χ3n) is 1.96. The summed E-state index contributed by atoms with van der Waals surface area (Å²) >= 11 is 5.24. The smallest absolute Gasteiger partial charge is 0.253 e. The molecule has 1 aromatic rings. The molecule has 1 rings (SSSR count). The van der Waals surface area contributed by atoms with E-state index in [2.05, 4.69) is 0 Å². The number of benzene rings is 1. The molecule has 0 radical (unpaired) electrons. The summed E-state index contributed by atoms with van der Waals surface area (Å²) in [7, 11) is -7.64. The number of sulfone groups is 2. The van der Waals surface area contributed by atoms with E-state index in [4.69, 9.17) is 11.6 Å². The molecule has 94 valence electrons. The maximum Gasteiger partial charge on any atom is 0.253 e. The van der Waals surface area contributed by atoms with Crippen molar-refractivity contribution >= 4 is 36.5 Å². The van der Waals surface area contributed by atoms with Gasteiger partial charge in [-0.05, 0) is 23.7 Å². The molecular formula is C9H9ClO5S2. The fourth-order valence-electron chi connectivity index (χ4n) is 1.35. The molecule has 0 N–H and O–H groups in total. The van der Waals surface area contributed by atoms with Crippen molar-refractivity contribution in [3.8, 4) is 0 Å². The van der Waals surface area contributed by atoms with Crippen LogP contribution in [0.5, 0.6) is 0 Å². The van der Waals surface area contributed by atoms with Gasteiger partial charge >= 0.3 is 0 Å². The van der Waals surface area contributed by atoms with Crippen molar-refractivity contribution in [3.05, 3.63) is 23.8 Å². The van der Waals surface area contributed by atoms with Crippen LogP contribution >= 0.6 is 11.6 Å². The third kappa shape index (κ3) is 3.05. The zero-order valence-electron chi connectivity index (χ0n) is 8.97. The zero-order chi connectivity index (χ0) is 13.4. The number of carbonyl (C=O) groups excluding carboxylic acids is 1. The van der Waals surface area contributed by atoms with Gasteiger partial charge in [0.25, 0.3) is 5.24 Å². The quantitative estimate of drug-likeness (QED) is 0.773. The second-order valence-corrected chi connectivity index (χ2v) is 7.73. The Hall–Kier alpha value is -0.920. The first-order valence-corrected chi connectivity index (χ1v) is 8.44. The minimum absolute atomic E-state index is 0.336. The first-order valence-electron chi connectivity index (χ1n) is 4.28. The van der Waals surface area contributed by atoms with Crippen LogP contribution in [0.3, 0.4) is 0 Å². The van der Waals surface area contributed by atoms with Crippen LogP contribution in [0, 0.1) is 0 Å². The molecule has 8 heteroatoms. The van der Waals surface area contributed by atoms with Gasteiger partial charge in [-0.1, -0.05) is 6.07 Å². The second-order valence-electron chi connectivity index (χ2n) is 3.45. The normalized spacial score (nSPS) is 12.4. The van der Waals surface area contributed by atoms with E-state index in [1.165, 1.54) is 12.1 Å². The van der Waals surface area contributed by atoms with E-state index in [9.17, 15) is 21.6 Å². The Labute approximate surface area is 104 Å². The van der Waals surface area contributed by atoms with Crippen molar-refractivity contribution in [2.45, 2.75) is 9.79 Å². The molecule has 1 aromatic carbocycles. The lowest BCUT2D eigenvalue weighted by molar-refractivity contribution is 0.107. The molecular weight excluding hydrogens is 288 g/mol. The van der Waals surface area contributed by atoms with Gasteiger partial charge in [-0.3, -0.25) is 4.79 Å². The molecule has 5 nitrogen and oxygen atoms in total. The van der Waals surface area contributed by atoms with Gasteiger partial charge in [-0.15, -0.1) is 0 Å². The Morgan fingerprint density at radius 3 is 1.94 bits per heavy atom. The molecule has 0 spiro atoms. The summed E-state index contributed by atoms with van der Waals surface area (Å²) < 4.78 is 46.0. The summed E-state index contributed by atoms with van der Waals surface area (Å²) in [5.41, 5.74) is -0.336. The first kappa shape index (κ1) is 14.1. The molecule has 0 aliphatic heterocycles. The van der Waals surface area contributed by atoms with Gasteiger partial charge in [-0.25, -0.2) is 16.8 Å². The van der Waals surface area contributed by atoms with Crippen LogP contribution in [-0.2, 0) is 19.7 Å². The Morgan fingerprint density at radius 2 is 1.59 bits per heavy atom. The lowest BCUT2D eigenvalue weighted by Gasteiger charge is -2.09. The Balaban J connectivity index is 3.90. The number of hydrogen-bond acceptors (Lipinski definition) is 5. The van der Waals surface area contributed by atoms with Gasteiger partial charge in [0.05, 0.1) is 15.4 Å². The highest BCUT2D eigenvalue weighted by molar-refractivity contribution is 7.93. The summed E-state index contributed by atoms with van der Waals surface area (Å²) in [6, 6.07) is 3.55. The Morgan fingerprint density at radius 1 is 1.06 bits per heavy atom. The Bertz CT molecular complexity index is 673. The molecule has 0 fully saturated rings. The number of hydrogen-bond donors (Lipinski definition) is 0. The Kier molecular flexibility index (Phi) is 3.66. The van der Waals surface area contributed by atoms with Crippen molar-refractivity contribution in [1.29, 1.82) is 0 Å². The number of carbonyl (C=O) groups is 1. The second kappa shape index (κ2) is 4.40. The van der Waals surface area contributed by atoms with E-state index in [-0.39, 0.29) is 5.56 Å². The maximum atomic E-state index is 11.6. The monoisotopic (exact) mass is 296 g/mol. The molecule has 17 heavy (non-hydrogen) atoms. The number of halogens is 1. The standard InChI is InChI=1S/C9H9ClO5S2/c1-16(12,13)7-5-3-4-6(9(10)11)8(7)17(2,14)15/h3-5H,1-2H3. The molecule has 0 heterocycles. The van der Waals surface area contributed by atoms with Gasteiger partial charge in [0.1, 0.15) is 0 Å². The van der Waals surface area contributed by atoms with Gasteiger partial charge in [0, 0.05) is 12.5 Å². The summed E-state index contributed by atoms with van der Waals surface area (Å²) in [6.07, 6.45) is 1.68. The molecule has 0 bridgehead atoms. The summed E-state index contributed by atoms with van der Waals surface area (Å²) in [5.74, 6) is 0. The van der Waals surface area contributed by atoms with Crippen LogP contribution in [0.25, 0.3) is 0 Å². The molecule has 0 saturated carbocycles. The largest absolute Gasteiger partial charge is 0.276 e. The average Bonchev–Trinajstić information content (AvgIpc) is 2.13. The molecule has 0 saturated heterocycles. The highest BCUT2D eigenvalue weighted by Crippen LogP contribution is 2.26. The molecule has 0 unspecified atom stereocenters. The van der Waals surface area contributed by atoms with E-state index in [0.717, 1.165) is 18.6 Å². The summed E-state index contributed by atoms with van der Waals surface area (Å²) in [6.45, 7) is 0. The zero-order valence-corrected chi connectivity index (χ0v) is 11.4. The van der Waals surface area contributed by atoms with E-state index in [1.54, 1.807) is 0 Å². The third-order valence-corrected chi connectivity index (χ3v) is 4.61. The van der Waals surface area contributed by atoms with Crippen LogP contribution in [0.1, 0.15) is 10.4 Å². The highest BCUT2D eigenvalue weighted by atomic mass is 35.5. The van der Waals surface area contributed by atoms with Gasteiger partial charge < -0.3 is 0 Å².